The molecular formula is C17H17N3O4. The van der Waals surface area contributed by atoms with Gasteiger partial charge in [0.15, 0.2) is 0 Å². The molecule has 2 aromatic carbocycles. The van der Waals surface area contributed by atoms with Crippen LogP contribution in [0.5, 0.6) is 5.75 Å². The van der Waals surface area contributed by atoms with Gasteiger partial charge in [0, 0.05) is 12.0 Å². The fourth-order valence-corrected chi connectivity index (χ4v) is 2.07. The van der Waals surface area contributed by atoms with Gasteiger partial charge in [-0.05, 0) is 24.1 Å². The predicted octanol–water partition coefficient (Wildman–Crippen LogP) is 3.08. The quantitative estimate of drug-likeness (QED) is 0.559. The number of phenols is 1. The number of hydrogen-bond donors (Lipinski definition) is 3. The summed E-state index contributed by atoms with van der Waals surface area (Å²) < 4.78 is 0. The minimum atomic E-state index is -1.24. The second kappa shape index (κ2) is 7.87. The lowest BCUT2D eigenvalue weighted by atomic mass is 10.0. The largest absolute Gasteiger partial charge is 0.507 e. The van der Waals surface area contributed by atoms with Gasteiger partial charge in [-0.15, -0.1) is 5.11 Å². The number of aromatic hydroxyl groups is 1. The number of benzene rings is 2. The van der Waals surface area contributed by atoms with E-state index in [0.717, 1.165) is 11.6 Å². The van der Waals surface area contributed by atoms with Crippen molar-refractivity contribution < 1.29 is 19.8 Å². The molecule has 1 unspecified atom stereocenters. The van der Waals surface area contributed by atoms with Crippen molar-refractivity contribution in [1.82, 2.24) is 5.43 Å². The molecule has 124 valence electrons. The Morgan fingerprint density at radius 2 is 1.88 bits per heavy atom. The zero-order valence-corrected chi connectivity index (χ0v) is 13.0. The highest BCUT2D eigenvalue weighted by atomic mass is 16.4. The number of amides is 1. The summed E-state index contributed by atoms with van der Waals surface area (Å²) in [6.07, 6.45) is 0.580. The minimum Gasteiger partial charge on any atom is -0.507 e. The van der Waals surface area contributed by atoms with Crippen LogP contribution in [0.25, 0.3) is 0 Å². The molecule has 7 nitrogen and oxygen atoms in total. The molecule has 0 aliphatic carbocycles. The van der Waals surface area contributed by atoms with Crippen LogP contribution >= 0.6 is 0 Å². The van der Waals surface area contributed by atoms with Gasteiger partial charge in [-0.3, -0.25) is 4.79 Å². The Morgan fingerprint density at radius 1 is 1.17 bits per heavy atom. The van der Waals surface area contributed by atoms with Crippen LogP contribution in [0, 0.1) is 5.92 Å². The van der Waals surface area contributed by atoms with Gasteiger partial charge in [-0.2, -0.15) is 0 Å². The van der Waals surface area contributed by atoms with Crippen molar-refractivity contribution in [2.45, 2.75) is 13.3 Å². The van der Waals surface area contributed by atoms with E-state index in [-0.39, 0.29) is 23.1 Å². The van der Waals surface area contributed by atoms with E-state index in [1.165, 1.54) is 12.1 Å². The number of rotatable bonds is 6. The molecule has 0 aromatic heterocycles. The molecule has 0 saturated carbocycles. The molecule has 1 amide bonds. The van der Waals surface area contributed by atoms with Crippen molar-refractivity contribution in [2.75, 3.05) is 0 Å². The van der Waals surface area contributed by atoms with Crippen LogP contribution in [-0.4, -0.2) is 22.1 Å². The van der Waals surface area contributed by atoms with Gasteiger partial charge in [0.05, 0.1) is 5.69 Å². The number of hydrogen-bond acceptors (Lipinski definition) is 5. The van der Waals surface area contributed by atoms with Crippen molar-refractivity contribution >= 4 is 17.6 Å². The van der Waals surface area contributed by atoms with Crippen molar-refractivity contribution in [3.05, 3.63) is 59.7 Å². The molecule has 0 saturated heterocycles. The number of aromatic carboxylic acids is 1. The Morgan fingerprint density at radius 3 is 2.50 bits per heavy atom. The maximum absolute atomic E-state index is 12.0. The van der Waals surface area contributed by atoms with Crippen LogP contribution in [0.2, 0.25) is 0 Å². The van der Waals surface area contributed by atoms with Crippen molar-refractivity contribution in [1.29, 1.82) is 0 Å². The van der Waals surface area contributed by atoms with Crippen LogP contribution < -0.4 is 5.43 Å². The standard InChI is InChI=1S/C17H17N3O4/c1-11(9-12-5-3-2-4-6-12)16(22)19-20-18-13-7-8-14(17(23)24)15(21)10-13/h2-8,10-11,21H,9H2,1H3,(H,23,24)(H,18,19,22). The van der Waals surface area contributed by atoms with E-state index in [4.69, 9.17) is 5.11 Å². The third-order valence-corrected chi connectivity index (χ3v) is 3.37. The Labute approximate surface area is 138 Å². The molecule has 2 aromatic rings. The summed E-state index contributed by atoms with van der Waals surface area (Å²) in [5.74, 6) is -2.22. The van der Waals surface area contributed by atoms with Crippen LogP contribution in [-0.2, 0) is 11.2 Å². The minimum absolute atomic E-state index is 0.227. The fraction of sp³-hybridized carbons (Fsp3) is 0.176. The Bertz CT molecular complexity index is 760. The average Bonchev–Trinajstić information content (AvgIpc) is 2.55. The number of carbonyl (C=O) groups excluding carboxylic acids is 1. The monoisotopic (exact) mass is 327 g/mol. The molecule has 2 rings (SSSR count). The van der Waals surface area contributed by atoms with Gasteiger partial charge >= 0.3 is 5.97 Å². The second-order valence-corrected chi connectivity index (χ2v) is 5.27. The second-order valence-electron chi connectivity index (χ2n) is 5.27. The number of carboxylic acid groups (broad SMARTS) is 1. The Kier molecular flexibility index (Phi) is 5.62. The van der Waals surface area contributed by atoms with Crippen LogP contribution in [0.4, 0.5) is 5.69 Å². The van der Waals surface area contributed by atoms with Gasteiger partial charge in [0.25, 0.3) is 0 Å². The van der Waals surface area contributed by atoms with Crippen molar-refractivity contribution in [2.24, 2.45) is 16.3 Å². The summed E-state index contributed by atoms with van der Waals surface area (Å²) in [6.45, 7) is 1.78. The van der Waals surface area contributed by atoms with E-state index < -0.39 is 11.7 Å². The number of carboxylic acids is 1. The molecule has 0 fully saturated rings. The summed E-state index contributed by atoms with van der Waals surface area (Å²) in [4.78, 5) is 22.7. The summed E-state index contributed by atoms with van der Waals surface area (Å²) in [6, 6.07) is 13.4. The summed E-state index contributed by atoms with van der Waals surface area (Å²) >= 11 is 0. The molecular weight excluding hydrogens is 310 g/mol. The Hall–Kier alpha value is -3.22. The van der Waals surface area contributed by atoms with E-state index in [1.807, 2.05) is 30.3 Å². The van der Waals surface area contributed by atoms with Gasteiger partial charge in [-0.1, -0.05) is 42.5 Å². The Balaban J connectivity index is 1.92. The lowest BCUT2D eigenvalue weighted by Crippen LogP contribution is -2.25. The number of nitrogens with one attached hydrogen (secondary N) is 1. The molecule has 0 radical (unpaired) electrons. The van der Waals surface area contributed by atoms with E-state index in [9.17, 15) is 14.7 Å². The van der Waals surface area contributed by atoms with E-state index in [1.54, 1.807) is 6.92 Å². The van der Waals surface area contributed by atoms with Crippen molar-refractivity contribution in [3.63, 3.8) is 0 Å². The van der Waals surface area contributed by atoms with Gasteiger partial charge in [0.1, 0.15) is 11.3 Å². The first-order valence-corrected chi connectivity index (χ1v) is 7.28. The lowest BCUT2D eigenvalue weighted by Gasteiger charge is -2.08. The number of nitrogens with zero attached hydrogens (tertiary/aromatic N) is 2. The molecule has 24 heavy (non-hydrogen) atoms. The van der Waals surface area contributed by atoms with Crippen LogP contribution in [0.3, 0.4) is 0 Å². The molecule has 0 spiro atoms. The first-order chi connectivity index (χ1) is 11.5. The predicted molar refractivity (Wildman–Crippen MR) is 87.0 cm³/mol. The highest BCUT2D eigenvalue weighted by Gasteiger charge is 2.13. The highest BCUT2D eigenvalue weighted by molar-refractivity contribution is 5.91. The topological polar surface area (TPSA) is 111 Å². The molecule has 3 N–H and O–H groups in total. The highest BCUT2D eigenvalue weighted by Crippen LogP contribution is 2.23. The van der Waals surface area contributed by atoms with Gasteiger partial charge < -0.3 is 10.2 Å². The maximum Gasteiger partial charge on any atom is 0.339 e. The third kappa shape index (κ3) is 4.64. The van der Waals surface area contributed by atoms with E-state index >= 15 is 0 Å². The summed E-state index contributed by atoms with van der Waals surface area (Å²) in [7, 11) is 0. The molecule has 0 aliphatic heterocycles. The van der Waals surface area contributed by atoms with E-state index in [2.05, 4.69) is 15.8 Å². The van der Waals surface area contributed by atoms with E-state index in [0.29, 0.717) is 6.42 Å². The summed E-state index contributed by atoms with van der Waals surface area (Å²) in [5.41, 5.74) is 3.38. The average molecular weight is 327 g/mol. The van der Waals surface area contributed by atoms with Gasteiger partial charge in [0.2, 0.25) is 5.91 Å². The number of carbonyl (C=O) groups is 2. The maximum atomic E-state index is 12.0. The van der Waals surface area contributed by atoms with Crippen molar-refractivity contribution in [3.8, 4) is 5.75 Å². The molecule has 1 atom stereocenters. The summed E-state index contributed by atoms with van der Waals surface area (Å²) in [5, 5.41) is 25.7. The fourth-order valence-electron chi connectivity index (χ4n) is 2.07. The van der Waals surface area contributed by atoms with Crippen LogP contribution in [0.15, 0.2) is 58.9 Å². The first kappa shape index (κ1) is 17.1. The molecule has 7 heteroatoms. The lowest BCUT2D eigenvalue weighted by molar-refractivity contribution is -0.124. The zero-order chi connectivity index (χ0) is 17.5. The van der Waals surface area contributed by atoms with Gasteiger partial charge in [-0.25, -0.2) is 10.2 Å². The molecule has 0 aliphatic rings. The smallest absolute Gasteiger partial charge is 0.339 e. The normalized spacial score (nSPS) is 12.0. The molecule has 0 bridgehead atoms. The zero-order valence-electron chi connectivity index (χ0n) is 13.0. The SMILES string of the molecule is CC(Cc1ccccc1)C(=O)NN=Nc1ccc(C(=O)O)c(O)c1. The third-order valence-electron chi connectivity index (χ3n) is 3.37. The molecule has 0 heterocycles. The first-order valence-electron chi connectivity index (χ1n) is 7.28. The van der Waals surface area contributed by atoms with Crippen LogP contribution in [0.1, 0.15) is 22.8 Å².